The summed E-state index contributed by atoms with van der Waals surface area (Å²) in [7, 11) is 1.36. The molecule has 0 saturated carbocycles. The van der Waals surface area contributed by atoms with Crippen LogP contribution in [0.2, 0.25) is 0 Å². The first kappa shape index (κ1) is 24.3. The maximum absolute atomic E-state index is 15.0. The van der Waals surface area contributed by atoms with Crippen molar-refractivity contribution in [3.63, 3.8) is 0 Å². The molecule has 6 nitrogen and oxygen atoms in total. The first-order chi connectivity index (χ1) is 16.7. The molecule has 1 aliphatic heterocycles. The van der Waals surface area contributed by atoms with E-state index in [2.05, 4.69) is 10.6 Å². The number of carbonyl (C=O) groups is 3. The summed E-state index contributed by atoms with van der Waals surface area (Å²) >= 11 is 1.34. The lowest BCUT2D eigenvalue weighted by atomic mass is 9.97. The standard InChI is InChI=1S/C26H23F2N3O3S/c1-16-11-14-35-23(16)24(33)30-18-9-7-17(8-10-18)25(34)31-13-12-26(27,28)20(15-22(32)29-2)19-5-3-4-6-21(19)31/h3-11,14-15H,12-13H2,1-2H3,(H,29,32)(H,30,33)/b20-15-. The number of nitrogens with zero attached hydrogens (tertiary/aromatic N) is 1. The molecular weight excluding hydrogens is 472 g/mol. The Morgan fingerprint density at radius 1 is 1.06 bits per heavy atom. The van der Waals surface area contributed by atoms with E-state index in [1.807, 2.05) is 18.4 Å². The molecule has 35 heavy (non-hydrogen) atoms. The summed E-state index contributed by atoms with van der Waals surface area (Å²) in [5.41, 5.74) is 1.67. The molecule has 0 radical (unpaired) electrons. The summed E-state index contributed by atoms with van der Waals surface area (Å²) in [6.45, 7) is 1.62. The smallest absolute Gasteiger partial charge is 0.275 e. The second-order valence-corrected chi connectivity index (χ2v) is 8.98. The number of hydrogen-bond donors (Lipinski definition) is 2. The van der Waals surface area contributed by atoms with E-state index in [0.29, 0.717) is 16.3 Å². The highest BCUT2D eigenvalue weighted by molar-refractivity contribution is 7.12. The molecule has 0 atom stereocenters. The van der Waals surface area contributed by atoms with Gasteiger partial charge in [0.05, 0.1) is 10.6 Å². The SMILES string of the molecule is CNC(=O)/C=C1/c2ccccc2N(C(=O)c2ccc(NC(=O)c3sccc3C)cc2)CCC1(F)F. The number of fused-ring (bicyclic) bond motifs is 1. The molecule has 0 spiro atoms. The van der Waals surface area contributed by atoms with Gasteiger partial charge in [-0.2, -0.15) is 0 Å². The number of aryl methyl sites for hydroxylation is 1. The van der Waals surface area contributed by atoms with Crippen LogP contribution in [-0.2, 0) is 4.79 Å². The highest BCUT2D eigenvalue weighted by Gasteiger charge is 2.41. The number of thiophene rings is 1. The van der Waals surface area contributed by atoms with Gasteiger partial charge in [0.15, 0.2) is 0 Å². The van der Waals surface area contributed by atoms with Crippen LogP contribution in [0.1, 0.15) is 37.6 Å². The third-order valence-corrected chi connectivity index (χ3v) is 6.77. The van der Waals surface area contributed by atoms with Gasteiger partial charge in [-0.05, 0) is 54.3 Å². The van der Waals surface area contributed by atoms with Crippen LogP contribution in [0.15, 0.2) is 66.1 Å². The third-order valence-electron chi connectivity index (χ3n) is 5.75. The van der Waals surface area contributed by atoms with Gasteiger partial charge < -0.3 is 15.5 Å². The van der Waals surface area contributed by atoms with Crippen molar-refractivity contribution in [3.05, 3.63) is 87.6 Å². The van der Waals surface area contributed by atoms with Crippen molar-refractivity contribution in [3.8, 4) is 0 Å². The number of para-hydroxylation sites is 1. The van der Waals surface area contributed by atoms with E-state index in [-0.39, 0.29) is 23.6 Å². The maximum Gasteiger partial charge on any atom is 0.275 e. The van der Waals surface area contributed by atoms with Gasteiger partial charge in [-0.25, -0.2) is 8.78 Å². The van der Waals surface area contributed by atoms with Crippen molar-refractivity contribution in [2.24, 2.45) is 0 Å². The molecule has 0 saturated heterocycles. The highest BCUT2D eigenvalue weighted by atomic mass is 32.1. The minimum Gasteiger partial charge on any atom is -0.356 e. The van der Waals surface area contributed by atoms with E-state index in [1.165, 1.54) is 29.4 Å². The molecule has 0 fully saturated rings. The van der Waals surface area contributed by atoms with Crippen LogP contribution in [0, 0.1) is 6.92 Å². The number of likely N-dealkylation sites (N-methyl/N-ethyl adjacent to an activating group) is 1. The normalized spacial score (nSPS) is 15.8. The van der Waals surface area contributed by atoms with Crippen LogP contribution < -0.4 is 15.5 Å². The molecule has 9 heteroatoms. The zero-order chi connectivity index (χ0) is 25.2. The molecule has 1 aliphatic rings. The van der Waals surface area contributed by atoms with Crippen molar-refractivity contribution in [1.82, 2.24) is 5.32 Å². The Morgan fingerprint density at radius 3 is 2.43 bits per heavy atom. The predicted molar refractivity (Wildman–Crippen MR) is 133 cm³/mol. The van der Waals surface area contributed by atoms with Gasteiger partial charge in [-0.15, -0.1) is 11.3 Å². The van der Waals surface area contributed by atoms with E-state index >= 15 is 8.78 Å². The van der Waals surface area contributed by atoms with E-state index in [4.69, 9.17) is 0 Å². The Labute approximate surface area is 205 Å². The molecule has 2 aromatic carbocycles. The quantitative estimate of drug-likeness (QED) is 0.493. The summed E-state index contributed by atoms with van der Waals surface area (Å²) in [6.07, 6.45) is 0.254. The van der Waals surface area contributed by atoms with Gasteiger partial charge in [-0.3, -0.25) is 14.4 Å². The van der Waals surface area contributed by atoms with Crippen molar-refractivity contribution >= 4 is 46.0 Å². The van der Waals surface area contributed by atoms with Gasteiger partial charge in [0, 0.05) is 48.5 Å². The second kappa shape index (κ2) is 9.79. The van der Waals surface area contributed by atoms with Crippen LogP contribution >= 0.6 is 11.3 Å². The van der Waals surface area contributed by atoms with Crippen LogP contribution in [-0.4, -0.2) is 37.2 Å². The van der Waals surface area contributed by atoms with E-state index < -0.39 is 29.7 Å². The Balaban J connectivity index is 1.62. The Morgan fingerprint density at radius 2 is 1.77 bits per heavy atom. The molecule has 1 aromatic heterocycles. The molecule has 0 unspecified atom stereocenters. The van der Waals surface area contributed by atoms with Crippen molar-refractivity contribution < 1.29 is 23.2 Å². The average molecular weight is 496 g/mol. The Hall–Kier alpha value is -3.85. The fraction of sp³-hybridized carbons (Fsp3) is 0.192. The molecule has 4 rings (SSSR count). The average Bonchev–Trinajstić information content (AvgIpc) is 3.24. The number of halogens is 2. The fourth-order valence-electron chi connectivity index (χ4n) is 3.88. The lowest BCUT2D eigenvalue weighted by Gasteiger charge is -2.23. The van der Waals surface area contributed by atoms with Crippen LogP contribution in [0.5, 0.6) is 0 Å². The molecule has 2 heterocycles. The number of carbonyl (C=O) groups excluding carboxylic acids is 3. The number of benzene rings is 2. The third kappa shape index (κ3) is 5.00. The number of hydrogen-bond acceptors (Lipinski definition) is 4. The topological polar surface area (TPSA) is 78.5 Å². The van der Waals surface area contributed by atoms with Crippen molar-refractivity contribution in [2.45, 2.75) is 19.3 Å². The number of allylic oxidation sites excluding steroid dienone is 1. The van der Waals surface area contributed by atoms with E-state index in [1.54, 1.807) is 42.5 Å². The molecule has 2 N–H and O–H groups in total. The summed E-state index contributed by atoms with van der Waals surface area (Å²) in [4.78, 5) is 39.6. The first-order valence-corrected chi connectivity index (χ1v) is 11.8. The van der Waals surface area contributed by atoms with Crippen molar-refractivity contribution in [2.75, 3.05) is 23.8 Å². The molecule has 3 aromatic rings. The van der Waals surface area contributed by atoms with Crippen molar-refractivity contribution in [1.29, 1.82) is 0 Å². The minimum atomic E-state index is -3.30. The van der Waals surface area contributed by atoms with Crippen LogP contribution in [0.4, 0.5) is 20.2 Å². The summed E-state index contributed by atoms with van der Waals surface area (Å²) < 4.78 is 30.1. The Kier molecular flexibility index (Phi) is 6.79. The Bertz CT molecular complexity index is 1320. The van der Waals surface area contributed by atoms with Gasteiger partial charge in [0.2, 0.25) is 5.91 Å². The lowest BCUT2D eigenvalue weighted by molar-refractivity contribution is -0.116. The number of rotatable bonds is 4. The summed E-state index contributed by atoms with van der Waals surface area (Å²) in [5, 5.41) is 6.97. The molecule has 180 valence electrons. The fourth-order valence-corrected chi connectivity index (χ4v) is 4.70. The van der Waals surface area contributed by atoms with E-state index in [0.717, 1.165) is 11.6 Å². The summed E-state index contributed by atoms with van der Waals surface area (Å²) in [6, 6.07) is 14.5. The van der Waals surface area contributed by atoms with Gasteiger partial charge in [0.25, 0.3) is 17.7 Å². The lowest BCUT2D eigenvalue weighted by Crippen LogP contribution is -2.33. The molecule has 0 bridgehead atoms. The second-order valence-electron chi connectivity index (χ2n) is 8.06. The number of nitrogens with one attached hydrogen (secondary N) is 2. The zero-order valence-corrected chi connectivity index (χ0v) is 19.9. The monoisotopic (exact) mass is 495 g/mol. The number of anilines is 2. The largest absolute Gasteiger partial charge is 0.356 e. The molecular formula is C26H23F2N3O3S. The zero-order valence-electron chi connectivity index (χ0n) is 19.1. The first-order valence-electron chi connectivity index (χ1n) is 10.9. The molecule has 0 aliphatic carbocycles. The highest BCUT2D eigenvalue weighted by Crippen LogP contribution is 2.43. The minimum absolute atomic E-state index is 0.127. The van der Waals surface area contributed by atoms with E-state index in [9.17, 15) is 14.4 Å². The number of amides is 3. The number of alkyl halides is 2. The van der Waals surface area contributed by atoms with Gasteiger partial charge in [-0.1, -0.05) is 18.2 Å². The van der Waals surface area contributed by atoms with Gasteiger partial charge in [0.1, 0.15) is 0 Å². The molecule has 3 amide bonds. The maximum atomic E-state index is 15.0. The van der Waals surface area contributed by atoms with Crippen LogP contribution in [0.25, 0.3) is 5.57 Å². The summed E-state index contributed by atoms with van der Waals surface area (Å²) in [5.74, 6) is -4.65. The van der Waals surface area contributed by atoms with Crippen LogP contribution in [0.3, 0.4) is 0 Å². The van der Waals surface area contributed by atoms with Gasteiger partial charge >= 0.3 is 0 Å². The predicted octanol–water partition coefficient (Wildman–Crippen LogP) is 5.12.